The summed E-state index contributed by atoms with van der Waals surface area (Å²) in [7, 11) is 0. The Morgan fingerprint density at radius 1 is 1.25 bits per heavy atom. The van der Waals surface area contributed by atoms with E-state index in [1.807, 2.05) is 0 Å². The standard InChI is InChI=1S/C15H24O/c1-8(2)10-6-5-9(3)15-7-11-14(4,16-11)13(15)12(10)15/h8-13H,5-7H2,1-4H3/t9-,10+,11?,12?,13?,14-,15-/m1/s1. The lowest BCUT2D eigenvalue weighted by Gasteiger charge is -2.35. The molecule has 0 aromatic heterocycles. The Bertz CT molecular complexity index is 349. The summed E-state index contributed by atoms with van der Waals surface area (Å²) < 4.78 is 5.96. The molecule has 0 aromatic carbocycles. The molecular formula is C15H24O. The number of ether oxygens (including phenoxy) is 1. The molecular weight excluding hydrogens is 196 g/mol. The maximum absolute atomic E-state index is 5.96. The van der Waals surface area contributed by atoms with Crippen molar-refractivity contribution in [2.24, 2.45) is 35.0 Å². The van der Waals surface area contributed by atoms with Crippen LogP contribution in [0.15, 0.2) is 0 Å². The summed E-state index contributed by atoms with van der Waals surface area (Å²) >= 11 is 0. The highest BCUT2D eigenvalue weighted by molar-refractivity contribution is 5.34. The molecule has 4 rings (SSSR count). The molecule has 3 unspecified atom stereocenters. The first kappa shape index (κ1) is 9.94. The molecule has 0 bridgehead atoms. The van der Waals surface area contributed by atoms with E-state index in [4.69, 9.17) is 4.74 Å². The Labute approximate surface area is 98.9 Å². The van der Waals surface area contributed by atoms with E-state index in [0.717, 1.165) is 35.0 Å². The molecule has 1 aliphatic heterocycles. The summed E-state index contributed by atoms with van der Waals surface area (Å²) in [5, 5.41) is 0. The van der Waals surface area contributed by atoms with Gasteiger partial charge in [-0.15, -0.1) is 0 Å². The predicted molar refractivity (Wildman–Crippen MR) is 64.0 cm³/mol. The molecule has 4 fully saturated rings. The van der Waals surface area contributed by atoms with Gasteiger partial charge in [-0.3, -0.25) is 0 Å². The SMILES string of the molecule is CC(C)[C@@H]1CC[C@@H](C)[C@@]23CC4O[C@@]4(C)C2C13. The average molecular weight is 220 g/mol. The first-order chi connectivity index (χ1) is 7.52. The van der Waals surface area contributed by atoms with Gasteiger partial charge in [0.25, 0.3) is 0 Å². The summed E-state index contributed by atoms with van der Waals surface area (Å²) in [6.45, 7) is 9.75. The molecule has 1 nitrogen and oxygen atoms in total. The van der Waals surface area contributed by atoms with Crippen LogP contribution in [0.5, 0.6) is 0 Å². The van der Waals surface area contributed by atoms with Gasteiger partial charge in [-0.25, -0.2) is 0 Å². The lowest BCUT2D eigenvalue weighted by molar-refractivity contribution is 0.124. The molecule has 1 spiro atoms. The smallest absolute Gasteiger partial charge is 0.0957 e. The molecule has 0 N–H and O–H groups in total. The molecule has 3 aliphatic carbocycles. The summed E-state index contributed by atoms with van der Waals surface area (Å²) in [6.07, 6.45) is 4.98. The second kappa shape index (κ2) is 2.53. The van der Waals surface area contributed by atoms with Gasteiger partial charge < -0.3 is 4.74 Å². The van der Waals surface area contributed by atoms with Crippen molar-refractivity contribution >= 4 is 0 Å². The van der Waals surface area contributed by atoms with Gasteiger partial charge in [0.15, 0.2) is 0 Å². The first-order valence-electron chi connectivity index (χ1n) is 7.19. The van der Waals surface area contributed by atoms with E-state index in [1.54, 1.807) is 0 Å². The van der Waals surface area contributed by atoms with Crippen molar-refractivity contribution in [1.82, 2.24) is 0 Å². The first-order valence-corrected chi connectivity index (χ1v) is 7.19. The maximum atomic E-state index is 5.96. The van der Waals surface area contributed by atoms with E-state index in [9.17, 15) is 0 Å². The fourth-order valence-corrected chi connectivity index (χ4v) is 5.87. The van der Waals surface area contributed by atoms with Crippen LogP contribution < -0.4 is 0 Å². The van der Waals surface area contributed by atoms with Crippen molar-refractivity contribution in [3.05, 3.63) is 0 Å². The van der Waals surface area contributed by atoms with Crippen LogP contribution in [0.25, 0.3) is 0 Å². The third-order valence-electron chi connectivity index (χ3n) is 6.75. The van der Waals surface area contributed by atoms with Crippen LogP contribution >= 0.6 is 0 Å². The highest BCUT2D eigenvalue weighted by Gasteiger charge is 2.87. The largest absolute Gasteiger partial charge is 0.366 e. The fraction of sp³-hybridized carbons (Fsp3) is 1.00. The van der Waals surface area contributed by atoms with Gasteiger partial charge >= 0.3 is 0 Å². The van der Waals surface area contributed by atoms with Crippen LogP contribution in [-0.4, -0.2) is 11.7 Å². The van der Waals surface area contributed by atoms with Crippen LogP contribution in [0.3, 0.4) is 0 Å². The summed E-state index contributed by atoms with van der Waals surface area (Å²) in [6, 6.07) is 0. The molecule has 1 heteroatoms. The lowest BCUT2D eigenvalue weighted by atomic mass is 9.70. The van der Waals surface area contributed by atoms with Crippen molar-refractivity contribution < 1.29 is 4.74 Å². The Hall–Kier alpha value is -0.0400. The second-order valence-corrected chi connectivity index (χ2v) is 7.50. The number of hydrogen-bond acceptors (Lipinski definition) is 1. The average Bonchev–Trinajstić information content (AvgIpc) is 3.03. The Kier molecular flexibility index (Phi) is 1.57. The minimum Gasteiger partial charge on any atom is -0.366 e. The monoisotopic (exact) mass is 220 g/mol. The highest BCUT2D eigenvalue weighted by atomic mass is 16.6. The van der Waals surface area contributed by atoms with E-state index < -0.39 is 0 Å². The van der Waals surface area contributed by atoms with E-state index in [2.05, 4.69) is 27.7 Å². The summed E-state index contributed by atoms with van der Waals surface area (Å²) in [5.41, 5.74) is 1.04. The number of rotatable bonds is 1. The van der Waals surface area contributed by atoms with Crippen molar-refractivity contribution in [3.63, 3.8) is 0 Å². The Morgan fingerprint density at radius 3 is 2.69 bits per heavy atom. The van der Waals surface area contributed by atoms with Gasteiger partial charge in [-0.05, 0) is 55.3 Å². The van der Waals surface area contributed by atoms with Crippen LogP contribution in [0.4, 0.5) is 0 Å². The molecule has 90 valence electrons. The molecule has 7 atom stereocenters. The molecule has 0 amide bonds. The third kappa shape index (κ3) is 0.836. The number of hydrogen-bond donors (Lipinski definition) is 0. The quantitative estimate of drug-likeness (QED) is 0.616. The normalized spacial score (nSPS) is 66.2. The van der Waals surface area contributed by atoms with E-state index in [0.29, 0.717) is 11.7 Å². The summed E-state index contributed by atoms with van der Waals surface area (Å²) in [5.74, 6) is 4.77. The number of fused-ring (bicyclic) bond motifs is 3. The minimum atomic E-state index is 0.316. The van der Waals surface area contributed by atoms with Crippen LogP contribution in [0, 0.1) is 35.0 Å². The summed E-state index contributed by atoms with van der Waals surface area (Å²) in [4.78, 5) is 0. The zero-order valence-corrected chi connectivity index (χ0v) is 11.0. The van der Waals surface area contributed by atoms with E-state index in [1.165, 1.54) is 19.3 Å². The lowest BCUT2D eigenvalue weighted by Crippen LogP contribution is -2.28. The van der Waals surface area contributed by atoms with E-state index >= 15 is 0 Å². The molecule has 3 saturated carbocycles. The van der Waals surface area contributed by atoms with Gasteiger partial charge in [0, 0.05) is 5.92 Å². The van der Waals surface area contributed by atoms with Gasteiger partial charge in [-0.1, -0.05) is 20.8 Å². The van der Waals surface area contributed by atoms with Gasteiger partial charge in [-0.2, -0.15) is 0 Å². The molecule has 0 aromatic rings. The molecule has 4 aliphatic rings. The number of epoxide rings is 1. The third-order valence-corrected chi connectivity index (χ3v) is 6.75. The predicted octanol–water partition coefficient (Wildman–Crippen LogP) is 3.48. The van der Waals surface area contributed by atoms with Gasteiger partial charge in [0.05, 0.1) is 11.7 Å². The fourth-order valence-electron chi connectivity index (χ4n) is 5.87. The van der Waals surface area contributed by atoms with Crippen molar-refractivity contribution in [2.75, 3.05) is 0 Å². The van der Waals surface area contributed by atoms with Gasteiger partial charge in [0.1, 0.15) is 0 Å². The zero-order chi connectivity index (χ0) is 11.3. The molecule has 1 heterocycles. The van der Waals surface area contributed by atoms with Crippen molar-refractivity contribution in [2.45, 2.75) is 58.7 Å². The topological polar surface area (TPSA) is 12.5 Å². The van der Waals surface area contributed by atoms with E-state index in [-0.39, 0.29) is 0 Å². The maximum Gasteiger partial charge on any atom is 0.0957 e. The second-order valence-electron chi connectivity index (χ2n) is 7.50. The van der Waals surface area contributed by atoms with Crippen molar-refractivity contribution in [3.8, 4) is 0 Å². The molecule has 0 radical (unpaired) electrons. The molecule has 1 saturated heterocycles. The van der Waals surface area contributed by atoms with Crippen molar-refractivity contribution in [1.29, 1.82) is 0 Å². The Morgan fingerprint density at radius 2 is 2.00 bits per heavy atom. The van der Waals surface area contributed by atoms with Crippen LogP contribution in [-0.2, 0) is 4.74 Å². The molecule has 16 heavy (non-hydrogen) atoms. The Balaban J connectivity index is 1.70. The van der Waals surface area contributed by atoms with Crippen LogP contribution in [0.1, 0.15) is 47.0 Å². The minimum absolute atomic E-state index is 0.316. The highest BCUT2D eigenvalue weighted by Crippen LogP contribution is 2.85. The zero-order valence-electron chi connectivity index (χ0n) is 11.0. The van der Waals surface area contributed by atoms with Crippen LogP contribution in [0.2, 0.25) is 0 Å². The van der Waals surface area contributed by atoms with Gasteiger partial charge in [0.2, 0.25) is 0 Å².